The van der Waals surface area contributed by atoms with E-state index in [0.717, 1.165) is 12.8 Å². The number of hydrogen-bond acceptors (Lipinski definition) is 2. The van der Waals surface area contributed by atoms with Crippen molar-refractivity contribution in [3.8, 4) is 11.3 Å². The molecule has 3 nitrogen and oxygen atoms in total. The monoisotopic (exact) mass is 413 g/mol. The van der Waals surface area contributed by atoms with Gasteiger partial charge in [0.2, 0.25) is 0 Å². The summed E-state index contributed by atoms with van der Waals surface area (Å²) in [4.78, 5) is 0. The highest BCUT2D eigenvalue weighted by atomic mass is 16.5. The van der Waals surface area contributed by atoms with Gasteiger partial charge in [0.1, 0.15) is 0 Å². The summed E-state index contributed by atoms with van der Waals surface area (Å²) >= 11 is 0. The molecule has 2 aromatic rings. The molecule has 168 valence electrons. The van der Waals surface area contributed by atoms with Crippen LogP contribution in [0, 0.1) is 5.41 Å². The highest BCUT2D eigenvalue weighted by Crippen LogP contribution is 2.38. The lowest BCUT2D eigenvalue weighted by Gasteiger charge is -2.30. The number of aliphatic hydroxyl groups is 2. The number of allylic oxidation sites excluding steroid dienone is 2. The van der Waals surface area contributed by atoms with Crippen molar-refractivity contribution < 1.29 is 10.2 Å². The Hall–Kier alpha value is -2.10. The normalized spacial score (nSPS) is 13.8. The minimum absolute atomic E-state index is 0.317. The maximum absolute atomic E-state index is 9.05. The summed E-state index contributed by atoms with van der Waals surface area (Å²) in [7, 11) is 0. The number of aryl methyl sites for hydroxylation is 1. The number of rotatable bonds is 4. The minimum atomic E-state index is -1.39. The first-order valence-corrected chi connectivity index (χ1v) is 11.2. The molecule has 0 unspecified atom stereocenters. The molecule has 1 aliphatic rings. The maximum atomic E-state index is 9.05. The molecule has 0 bridgehead atoms. The van der Waals surface area contributed by atoms with Crippen molar-refractivity contribution in [3.05, 3.63) is 72.5 Å². The van der Waals surface area contributed by atoms with E-state index in [2.05, 4.69) is 55.3 Å². The van der Waals surface area contributed by atoms with Crippen LogP contribution in [-0.4, -0.2) is 21.1 Å². The average molecular weight is 414 g/mol. The lowest BCUT2D eigenvalue weighted by Crippen LogP contribution is -2.23. The van der Waals surface area contributed by atoms with E-state index in [0.29, 0.717) is 12.0 Å². The zero-order chi connectivity index (χ0) is 23.2. The minimum Gasteiger partial charge on any atom is -0.365 e. The van der Waals surface area contributed by atoms with Crippen molar-refractivity contribution in [2.24, 2.45) is 5.41 Å². The number of aromatic nitrogens is 1. The molecule has 1 aliphatic carbocycles. The van der Waals surface area contributed by atoms with E-state index in [-0.39, 0.29) is 0 Å². The molecule has 1 heterocycles. The zero-order valence-electron chi connectivity index (χ0n) is 20.2. The van der Waals surface area contributed by atoms with Gasteiger partial charge in [-0.05, 0) is 54.9 Å². The van der Waals surface area contributed by atoms with E-state index in [4.69, 9.17) is 10.2 Å². The van der Waals surface area contributed by atoms with Crippen LogP contribution in [0.5, 0.6) is 0 Å². The topological polar surface area (TPSA) is 45.4 Å². The summed E-state index contributed by atoms with van der Waals surface area (Å²) in [6.45, 7) is 18.6. The van der Waals surface area contributed by atoms with Crippen molar-refractivity contribution in [1.82, 2.24) is 4.57 Å². The predicted octanol–water partition coefficient (Wildman–Crippen LogP) is 6.78. The molecule has 0 atom stereocenters. The van der Waals surface area contributed by atoms with Gasteiger partial charge in [0.25, 0.3) is 0 Å². The number of hydrogen-bond donors (Lipinski definition) is 2. The molecule has 1 aromatic heterocycles. The van der Waals surface area contributed by atoms with Gasteiger partial charge < -0.3 is 14.8 Å². The molecular weight excluding hydrogens is 370 g/mol. The molecule has 0 fully saturated rings. The van der Waals surface area contributed by atoms with Gasteiger partial charge in [-0.1, -0.05) is 84.0 Å². The van der Waals surface area contributed by atoms with Gasteiger partial charge in [-0.2, -0.15) is 0 Å². The molecular formula is C27H43NO2. The Balaban J connectivity index is 0.00000108. The second-order valence-electron chi connectivity index (χ2n) is 7.57. The predicted molar refractivity (Wildman–Crippen MR) is 132 cm³/mol. The van der Waals surface area contributed by atoms with Gasteiger partial charge in [-0.15, -0.1) is 6.58 Å². The van der Waals surface area contributed by atoms with Crippen LogP contribution < -0.4 is 0 Å². The molecule has 3 rings (SSSR count). The van der Waals surface area contributed by atoms with Crippen LogP contribution in [0.1, 0.15) is 66.1 Å². The van der Waals surface area contributed by atoms with Crippen LogP contribution in [0.15, 0.2) is 61.2 Å². The van der Waals surface area contributed by atoms with Crippen LogP contribution in [0.2, 0.25) is 0 Å². The third kappa shape index (κ3) is 8.73. The Morgan fingerprint density at radius 2 is 1.67 bits per heavy atom. The lowest BCUT2D eigenvalue weighted by atomic mass is 9.77. The summed E-state index contributed by atoms with van der Waals surface area (Å²) < 4.78 is 2.32. The molecule has 30 heavy (non-hydrogen) atoms. The molecule has 0 spiro atoms. The van der Waals surface area contributed by atoms with Crippen LogP contribution in [0.3, 0.4) is 0 Å². The van der Waals surface area contributed by atoms with Crippen LogP contribution in [0.4, 0.5) is 0 Å². The second-order valence-corrected chi connectivity index (χ2v) is 7.57. The SMILES string of the molecule is C=CC.CC.CC.CC1(C)CCc2cc(-c3ccccc3)n(C/C=C/C(O)O)c2C1. The van der Waals surface area contributed by atoms with E-state index in [1.807, 2.05) is 46.8 Å². The summed E-state index contributed by atoms with van der Waals surface area (Å²) in [5.41, 5.74) is 5.55. The smallest absolute Gasteiger partial charge is 0.171 e. The largest absolute Gasteiger partial charge is 0.365 e. The van der Waals surface area contributed by atoms with E-state index in [1.54, 1.807) is 6.08 Å². The first-order chi connectivity index (χ1) is 14.4. The first kappa shape index (κ1) is 27.9. The van der Waals surface area contributed by atoms with Gasteiger partial charge >= 0.3 is 0 Å². The fraction of sp³-hybridized carbons (Fsp3) is 0.481. The molecule has 1 aromatic carbocycles. The third-order valence-corrected chi connectivity index (χ3v) is 4.68. The van der Waals surface area contributed by atoms with Crippen LogP contribution in [-0.2, 0) is 19.4 Å². The van der Waals surface area contributed by atoms with Crippen LogP contribution >= 0.6 is 0 Å². The summed E-state index contributed by atoms with van der Waals surface area (Å²) in [6.07, 6.45) is 7.00. The van der Waals surface area contributed by atoms with Crippen molar-refractivity contribution in [2.45, 2.75) is 80.6 Å². The maximum Gasteiger partial charge on any atom is 0.171 e. The number of benzene rings is 1. The molecule has 3 heteroatoms. The summed E-state index contributed by atoms with van der Waals surface area (Å²) in [5.74, 6) is 0. The lowest BCUT2D eigenvalue weighted by molar-refractivity contribution is 0.00213. The quantitative estimate of drug-likeness (QED) is 0.428. The highest BCUT2D eigenvalue weighted by molar-refractivity contribution is 5.63. The molecule has 2 N–H and O–H groups in total. The van der Waals surface area contributed by atoms with E-state index < -0.39 is 6.29 Å². The highest BCUT2D eigenvalue weighted by Gasteiger charge is 2.29. The fourth-order valence-corrected chi connectivity index (χ4v) is 3.43. The molecule has 0 saturated heterocycles. The van der Waals surface area contributed by atoms with Crippen LogP contribution in [0.25, 0.3) is 11.3 Å². The standard InChI is InChI=1S/C20H25NO2.C3H6.2C2H6/c1-20(2)11-10-16-13-17(15-7-4-3-5-8-15)21(18(16)14-20)12-6-9-19(22)23;1-3-2;2*1-2/h3-9,13,19,22-23H,10-12,14H2,1-2H3;3H,1H2,2H3;2*1-2H3/b9-6+;;;. The Morgan fingerprint density at radius 3 is 2.20 bits per heavy atom. The zero-order valence-corrected chi connectivity index (χ0v) is 20.2. The molecule has 0 aliphatic heterocycles. The first-order valence-electron chi connectivity index (χ1n) is 11.2. The Morgan fingerprint density at radius 1 is 1.10 bits per heavy atom. The van der Waals surface area contributed by atoms with Gasteiger partial charge in [-0.25, -0.2) is 0 Å². The van der Waals surface area contributed by atoms with E-state index in [9.17, 15) is 0 Å². The fourth-order valence-electron chi connectivity index (χ4n) is 3.43. The molecule has 0 radical (unpaired) electrons. The van der Waals surface area contributed by atoms with Gasteiger partial charge in [0.05, 0.1) is 0 Å². The Labute approximate surface area is 184 Å². The van der Waals surface area contributed by atoms with Gasteiger partial charge in [-0.3, -0.25) is 0 Å². The van der Waals surface area contributed by atoms with Gasteiger partial charge in [0, 0.05) is 17.9 Å². The third-order valence-electron chi connectivity index (χ3n) is 4.68. The number of aliphatic hydroxyl groups excluding tert-OH is 1. The Kier molecular flexibility index (Phi) is 13.8. The second kappa shape index (κ2) is 14.8. The van der Waals surface area contributed by atoms with Crippen molar-refractivity contribution in [1.29, 1.82) is 0 Å². The molecule has 0 amide bonds. The van der Waals surface area contributed by atoms with Crippen molar-refractivity contribution in [2.75, 3.05) is 0 Å². The van der Waals surface area contributed by atoms with Crippen molar-refractivity contribution >= 4 is 0 Å². The Bertz CT molecular complexity index is 740. The van der Waals surface area contributed by atoms with E-state index in [1.165, 1.54) is 35.0 Å². The number of fused-ring (bicyclic) bond motifs is 1. The average Bonchev–Trinajstić information content (AvgIpc) is 3.09. The van der Waals surface area contributed by atoms with E-state index >= 15 is 0 Å². The number of nitrogens with zero attached hydrogens (tertiary/aromatic N) is 1. The summed E-state index contributed by atoms with van der Waals surface area (Å²) in [6, 6.07) is 12.7. The van der Waals surface area contributed by atoms with Gasteiger partial charge in [0.15, 0.2) is 6.29 Å². The summed E-state index contributed by atoms with van der Waals surface area (Å²) in [5, 5.41) is 18.1. The molecule has 0 saturated carbocycles. The van der Waals surface area contributed by atoms with Crippen molar-refractivity contribution in [3.63, 3.8) is 0 Å².